The number of para-hydroxylation sites is 4. The van der Waals surface area contributed by atoms with Gasteiger partial charge in [-0.15, -0.1) is 0 Å². The van der Waals surface area contributed by atoms with E-state index in [0.29, 0.717) is 0 Å². The highest BCUT2D eigenvalue weighted by Gasteiger charge is 2.23. The van der Waals surface area contributed by atoms with E-state index in [2.05, 4.69) is 278 Å². The van der Waals surface area contributed by atoms with Crippen LogP contribution < -0.4 is 0 Å². The van der Waals surface area contributed by atoms with Gasteiger partial charge in [0.1, 0.15) is 22.3 Å². The van der Waals surface area contributed by atoms with Crippen molar-refractivity contribution in [2.24, 2.45) is 0 Å². The Hall–Kier alpha value is -10.2. The van der Waals surface area contributed by atoms with Gasteiger partial charge in [-0.2, -0.15) is 0 Å². The van der Waals surface area contributed by atoms with Crippen molar-refractivity contribution < 1.29 is 8.83 Å². The standard InChI is InChI=1S/C74H45NO2/c1-5-19-46(20-6-1)53-29-15-33-62-64-35-17-31-55(73(64)76-71(53)62)50-37-40-57-58-41-38-51(56-32-18-36-65-63-34-16-30-54(72(63)77-74(56)65)47-21-7-2-8-22-47)44-68(58)75(67(57)43-50)52-39-42-61-66(45-52)70(49-25-11-4-12-26-49)60-28-14-13-27-59(60)69(61)48-23-9-3-10-24-48/h1-45H. The zero-order chi connectivity index (χ0) is 50.6. The molecule has 0 amide bonds. The Morgan fingerprint density at radius 2 is 0.532 bits per heavy atom. The summed E-state index contributed by atoms with van der Waals surface area (Å²) in [5, 5.41) is 11.6. The molecule has 358 valence electrons. The monoisotopic (exact) mass is 979 g/mol. The lowest BCUT2D eigenvalue weighted by molar-refractivity contribution is 0.670. The largest absolute Gasteiger partial charge is 0.455 e. The molecule has 0 radical (unpaired) electrons. The van der Waals surface area contributed by atoms with Gasteiger partial charge in [-0.05, 0) is 90.3 Å². The molecule has 0 bridgehead atoms. The second kappa shape index (κ2) is 17.2. The average molecular weight is 980 g/mol. The first kappa shape index (κ1) is 43.2. The molecule has 3 aromatic heterocycles. The van der Waals surface area contributed by atoms with Crippen LogP contribution in [-0.4, -0.2) is 4.57 Å². The third-order valence-corrected chi connectivity index (χ3v) is 16.0. The average Bonchev–Trinajstić information content (AvgIpc) is 4.23. The molecule has 0 fully saturated rings. The molecular weight excluding hydrogens is 935 g/mol. The Bertz CT molecular complexity index is 4790. The van der Waals surface area contributed by atoms with Crippen LogP contribution in [0.1, 0.15) is 0 Å². The van der Waals surface area contributed by atoms with Gasteiger partial charge in [0.2, 0.25) is 0 Å². The minimum atomic E-state index is 0.878. The fourth-order valence-electron chi connectivity index (χ4n) is 12.6. The molecule has 13 aromatic carbocycles. The number of nitrogens with zero attached hydrogens (tertiary/aromatic N) is 1. The van der Waals surface area contributed by atoms with Crippen molar-refractivity contribution in [3.8, 4) is 72.4 Å². The Labute approximate surface area is 443 Å². The summed E-state index contributed by atoms with van der Waals surface area (Å²) in [7, 11) is 0. The molecule has 0 aliphatic carbocycles. The van der Waals surface area contributed by atoms with Crippen molar-refractivity contribution in [3.63, 3.8) is 0 Å². The molecule has 16 aromatic rings. The number of rotatable bonds is 7. The van der Waals surface area contributed by atoms with E-state index in [9.17, 15) is 0 Å². The van der Waals surface area contributed by atoms with Crippen molar-refractivity contribution in [1.29, 1.82) is 0 Å². The molecular formula is C74H45NO2. The number of furan rings is 2. The SMILES string of the molecule is c1ccc(-c2c3ccccc3c(-c3ccccc3)c3cc(-n4c5cc(-c6cccc7c6oc6c(-c8ccccc8)cccc67)ccc5c5ccc(-c6cccc7c6oc6c(-c8ccccc8)cccc67)cc54)ccc23)cc1. The first-order chi connectivity index (χ1) is 38.2. The molecule has 0 saturated heterocycles. The normalized spacial score (nSPS) is 11.9. The Kier molecular flexibility index (Phi) is 9.64. The number of hydrogen-bond acceptors (Lipinski definition) is 2. The van der Waals surface area contributed by atoms with E-state index in [1.807, 2.05) is 0 Å². The molecule has 0 saturated carbocycles. The van der Waals surface area contributed by atoms with E-state index in [4.69, 9.17) is 8.83 Å². The summed E-state index contributed by atoms with van der Waals surface area (Å²) < 4.78 is 16.6. The second-order valence-electron chi connectivity index (χ2n) is 20.2. The fraction of sp³-hybridized carbons (Fsp3) is 0. The van der Waals surface area contributed by atoms with Gasteiger partial charge in [-0.1, -0.05) is 249 Å². The molecule has 0 N–H and O–H groups in total. The third kappa shape index (κ3) is 6.70. The summed E-state index contributed by atoms with van der Waals surface area (Å²) in [5.41, 5.74) is 20.3. The van der Waals surface area contributed by atoms with Crippen LogP contribution >= 0.6 is 0 Å². The van der Waals surface area contributed by atoms with Gasteiger partial charge in [-0.25, -0.2) is 0 Å². The maximum Gasteiger partial charge on any atom is 0.143 e. The minimum Gasteiger partial charge on any atom is -0.455 e. The van der Waals surface area contributed by atoms with Gasteiger partial charge in [0.15, 0.2) is 0 Å². The zero-order valence-corrected chi connectivity index (χ0v) is 41.7. The maximum absolute atomic E-state index is 7.03. The lowest BCUT2D eigenvalue weighted by atomic mass is 9.86. The summed E-state index contributed by atoms with van der Waals surface area (Å²) in [4.78, 5) is 0. The molecule has 16 rings (SSSR count). The smallest absolute Gasteiger partial charge is 0.143 e. The molecule has 77 heavy (non-hydrogen) atoms. The van der Waals surface area contributed by atoms with Gasteiger partial charge in [0, 0.05) is 60.3 Å². The van der Waals surface area contributed by atoms with Crippen molar-refractivity contribution in [3.05, 3.63) is 273 Å². The fourth-order valence-corrected chi connectivity index (χ4v) is 12.6. The van der Waals surface area contributed by atoms with Gasteiger partial charge in [0.25, 0.3) is 0 Å². The van der Waals surface area contributed by atoms with Gasteiger partial charge in [-0.3, -0.25) is 0 Å². The van der Waals surface area contributed by atoms with Crippen molar-refractivity contribution in [2.75, 3.05) is 0 Å². The summed E-state index contributed by atoms with van der Waals surface area (Å²) >= 11 is 0. The quantitative estimate of drug-likeness (QED) is 0.149. The van der Waals surface area contributed by atoms with Crippen LogP contribution in [0.25, 0.3) is 160 Å². The predicted molar refractivity (Wildman–Crippen MR) is 323 cm³/mol. The number of aromatic nitrogens is 1. The van der Waals surface area contributed by atoms with Crippen LogP contribution in [0.4, 0.5) is 0 Å². The molecule has 0 aliphatic rings. The van der Waals surface area contributed by atoms with Gasteiger partial charge in [0.05, 0.1) is 11.0 Å². The van der Waals surface area contributed by atoms with Crippen LogP contribution in [0, 0.1) is 0 Å². The van der Waals surface area contributed by atoms with Crippen molar-refractivity contribution in [2.45, 2.75) is 0 Å². The third-order valence-electron chi connectivity index (χ3n) is 16.0. The lowest BCUT2D eigenvalue weighted by Crippen LogP contribution is -1.97. The van der Waals surface area contributed by atoms with Crippen LogP contribution in [0.15, 0.2) is 282 Å². The number of benzene rings is 13. The summed E-state index contributed by atoms with van der Waals surface area (Å²) in [6.07, 6.45) is 0. The van der Waals surface area contributed by atoms with Crippen molar-refractivity contribution in [1.82, 2.24) is 4.57 Å². The first-order valence-corrected chi connectivity index (χ1v) is 26.4. The second-order valence-corrected chi connectivity index (χ2v) is 20.2. The van der Waals surface area contributed by atoms with E-state index in [0.717, 1.165) is 105 Å². The van der Waals surface area contributed by atoms with E-state index in [-0.39, 0.29) is 0 Å². The molecule has 3 heterocycles. The summed E-state index contributed by atoms with van der Waals surface area (Å²) in [6.45, 7) is 0. The molecule has 0 unspecified atom stereocenters. The zero-order valence-electron chi connectivity index (χ0n) is 41.7. The minimum absolute atomic E-state index is 0.878. The van der Waals surface area contributed by atoms with Crippen LogP contribution in [-0.2, 0) is 0 Å². The predicted octanol–water partition coefficient (Wildman–Crippen LogP) is 20.9. The number of fused-ring (bicyclic) bond motifs is 11. The highest BCUT2D eigenvalue weighted by atomic mass is 16.3. The Morgan fingerprint density at radius 3 is 0.948 bits per heavy atom. The summed E-state index contributed by atoms with van der Waals surface area (Å²) in [6, 6.07) is 98.8. The molecule has 0 aliphatic heterocycles. The van der Waals surface area contributed by atoms with Crippen molar-refractivity contribution >= 4 is 87.2 Å². The molecule has 0 spiro atoms. The molecule has 3 nitrogen and oxygen atoms in total. The van der Waals surface area contributed by atoms with Crippen LogP contribution in [0.5, 0.6) is 0 Å². The van der Waals surface area contributed by atoms with E-state index >= 15 is 0 Å². The first-order valence-electron chi connectivity index (χ1n) is 26.4. The molecule has 3 heteroatoms. The van der Waals surface area contributed by atoms with E-state index in [1.165, 1.54) is 54.6 Å². The lowest BCUT2D eigenvalue weighted by Gasteiger charge is -2.19. The van der Waals surface area contributed by atoms with Gasteiger partial charge < -0.3 is 13.4 Å². The van der Waals surface area contributed by atoms with Crippen LogP contribution in [0.2, 0.25) is 0 Å². The number of hydrogen-bond donors (Lipinski definition) is 0. The van der Waals surface area contributed by atoms with E-state index in [1.54, 1.807) is 0 Å². The highest BCUT2D eigenvalue weighted by molar-refractivity contribution is 6.23. The maximum atomic E-state index is 7.03. The van der Waals surface area contributed by atoms with E-state index < -0.39 is 0 Å². The van der Waals surface area contributed by atoms with Crippen LogP contribution in [0.3, 0.4) is 0 Å². The highest BCUT2D eigenvalue weighted by Crippen LogP contribution is 2.48. The van der Waals surface area contributed by atoms with Gasteiger partial charge >= 0.3 is 0 Å². The summed E-state index contributed by atoms with van der Waals surface area (Å²) in [5.74, 6) is 0. The topological polar surface area (TPSA) is 31.2 Å². The molecule has 0 atom stereocenters. The Morgan fingerprint density at radius 1 is 0.208 bits per heavy atom. The Balaban J connectivity index is 0.975.